The fourth-order valence-corrected chi connectivity index (χ4v) is 3.61. The van der Waals surface area contributed by atoms with E-state index >= 15 is 0 Å². The molecule has 184 valence electrons. The minimum Gasteiger partial charge on any atom is -0.490 e. The van der Waals surface area contributed by atoms with Crippen LogP contribution < -0.4 is 14.8 Å². The molecule has 3 rings (SSSR count). The number of benzene rings is 1. The minimum atomic E-state index is -4.65. The van der Waals surface area contributed by atoms with E-state index in [9.17, 15) is 18.0 Å². The van der Waals surface area contributed by atoms with Gasteiger partial charge in [-0.1, -0.05) is 6.07 Å². The van der Waals surface area contributed by atoms with E-state index in [1.165, 1.54) is 0 Å². The summed E-state index contributed by atoms with van der Waals surface area (Å²) in [6.07, 6.45) is -3.54. The number of nitrogens with one attached hydrogen (secondary N) is 1. The molecule has 1 N–H and O–H groups in total. The van der Waals surface area contributed by atoms with Gasteiger partial charge in [0.05, 0.1) is 13.2 Å². The molecule has 2 aromatic heterocycles. The van der Waals surface area contributed by atoms with Crippen molar-refractivity contribution in [3.8, 4) is 11.5 Å². The molecule has 0 radical (unpaired) electrons. The summed E-state index contributed by atoms with van der Waals surface area (Å²) in [6.45, 7) is 8.63. The third-order valence-corrected chi connectivity index (χ3v) is 5.25. The Morgan fingerprint density at radius 3 is 2.44 bits per heavy atom. The van der Waals surface area contributed by atoms with Crippen LogP contribution in [-0.2, 0) is 23.8 Å². The van der Waals surface area contributed by atoms with E-state index < -0.39 is 12.0 Å². The number of rotatable bonds is 10. The van der Waals surface area contributed by atoms with Gasteiger partial charge in [0.2, 0.25) is 5.91 Å². The van der Waals surface area contributed by atoms with Gasteiger partial charge in [0.1, 0.15) is 0 Å². The summed E-state index contributed by atoms with van der Waals surface area (Å²) in [5.41, 5.74) is 2.68. The molecule has 2 heterocycles. The van der Waals surface area contributed by atoms with Crippen LogP contribution in [-0.4, -0.2) is 45.2 Å². The summed E-state index contributed by atoms with van der Waals surface area (Å²) in [7, 11) is 0. The first kappa shape index (κ1) is 25.3. The molecule has 0 fully saturated rings. The van der Waals surface area contributed by atoms with E-state index in [-0.39, 0.29) is 18.1 Å². The van der Waals surface area contributed by atoms with Crippen LogP contribution in [0.25, 0.3) is 5.78 Å². The third kappa shape index (κ3) is 5.95. The van der Waals surface area contributed by atoms with Crippen molar-refractivity contribution < 1.29 is 27.4 Å². The van der Waals surface area contributed by atoms with Crippen molar-refractivity contribution in [1.29, 1.82) is 0 Å². The molecule has 1 aromatic carbocycles. The summed E-state index contributed by atoms with van der Waals surface area (Å²) >= 11 is 0. The number of aromatic nitrogens is 4. The number of nitrogens with zero attached hydrogens (tertiary/aromatic N) is 4. The summed E-state index contributed by atoms with van der Waals surface area (Å²) in [6, 6.07) is 5.69. The highest BCUT2D eigenvalue weighted by molar-refractivity contribution is 5.76. The minimum absolute atomic E-state index is 0.114. The molecule has 0 atom stereocenters. The molecule has 0 spiro atoms. The SMILES string of the molecule is CCOc1ccc(CCNC(=O)CCc2c(C)nc3nc(C(F)(F)F)nn3c2C)cc1OCC. The van der Waals surface area contributed by atoms with E-state index in [1.54, 1.807) is 13.8 Å². The Hall–Kier alpha value is -3.37. The van der Waals surface area contributed by atoms with Gasteiger partial charge in [-0.25, -0.2) is 9.50 Å². The standard InChI is InChI=1S/C23H28F3N5O3/c1-5-33-18-9-7-16(13-19(18)34-6-2)11-12-27-20(32)10-8-17-14(3)28-22-29-21(23(24,25)26)30-31(22)15(17)4/h7,9,13H,5-6,8,10-12H2,1-4H3,(H,27,32). The molecule has 0 saturated heterocycles. The summed E-state index contributed by atoms with van der Waals surface area (Å²) < 4.78 is 51.1. The van der Waals surface area contributed by atoms with Crippen molar-refractivity contribution in [2.75, 3.05) is 19.8 Å². The normalized spacial score (nSPS) is 11.6. The lowest BCUT2D eigenvalue weighted by Gasteiger charge is -2.13. The van der Waals surface area contributed by atoms with E-state index in [0.29, 0.717) is 61.1 Å². The molecule has 1 amide bonds. The van der Waals surface area contributed by atoms with E-state index in [2.05, 4.69) is 20.4 Å². The van der Waals surface area contributed by atoms with Crippen LogP contribution >= 0.6 is 0 Å². The maximum atomic E-state index is 12.9. The molecule has 0 bridgehead atoms. The number of carbonyl (C=O) groups is 1. The molecule has 0 aliphatic rings. The zero-order valence-electron chi connectivity index (χ0n) is 19.6. The molecule has 0 aliphatic carbocycles. The van der Waals surface area contributed by atoms with E-state index in [0.717, 1.165) is 10.1 Å². The van der Waals surface area contributed by atoms with Crippen molar-refractivity contribution in [1.82, 2.24) is 24.9 Å². The number of hydrogen-bond acceptors (Lipinski definition) is 6. The number of aryl methyl sites for hydroxylation is 2. The zero-order chi connectivity index (χ0) is 24.9. The molecule has 3 aromatic rings. The van der Waals surface area contributed by atoms with Crippen LogP contribution in [0.15, 0.2) is 18.2 Å². The summed E-state index contributed by atoms with van der Waals surface area (Å²) in [5, 5.41) is 6.41. The maximum absolute atomic E-state index is 12.9. The second-order valence-electron chi connectivity index (χ2n) is 7.65. The van der Waals surface area contributed by atoms with Crippen LogP contribution in [0.2, 0.25) is 0 Å². The molecular formula is C23H28F3N5O3. The quantitative estimate of drug-likeness (QED) is 0.475. The number of alkyl halides is 3. The Kier molecular flexibility index (Phi) is 7.95. The summed E-state index contributed by atoms with van der Waals surface area (Å²) in [5.74, 6) is -0.159. The number of halogens is 3. The smallest absolute Gasteiger partial charge is 0.453 e. The highest BCUT2D eigenvalue weighted by atomic mass is 19.4. The number of fused-ring (bicyclic) bond motifs is 1. The average molecular weight is 480 g/mol. The first-order valence-electron chi connectivity index (χ1n) is 11.1. The molecule has 0 saturated carbocycles. The van der Waals surface area contributed by atoms with Crippen molar-refractivity contribution in [2.45, 2.75) is 53.1 Å². The second kappa shape index (κ2) is 10.7. The molecule has 34 heavy (non-hydrogen) atoms. The van der Waals surface area contributed by atoms with Crippen molar-refractivity contribution in [3.05, 3.63) is 46.5 Å². The van der Waals surface area contributed by atoms with Crippen molar-refractivity contribution in [3.63, 3.8) is 0 Å². The molecule has 0 aliphatic heterocycles. The van der Waals surface area contributed by atoms with Gasteiger partial charge in [-0.05, 0) is 63.8 Å². The van der Waals surface area contributed by atoms with Crippen LogP contribution in [0.3, 0.4) is 0 Å². The van der Waals surface area contributed by atoms with Gasteiger partial charge < -0.3 is 14.8 Å². The monoisotopic (exact) mass is 479 g/mol. The Balaban J connectivity index is 1.58. The maximum Gasteiger partial charge on any atom is 0.453 e. The number of carbonyl (C=O) groups excluding carboxylic acids is 1. The predicted octanol–water partition coefficient (Wildman–Crippen LogP) is 3.85. The van der Waals surface area contributed by atoms with Gasteiger partial charge in [-0.3, -0.25) is 4.79 Å². The largest absolute Gasteiger partial charge is 0.490 e. The number of ether oxygens (including phenoxy) is 2. The fourth-order valence-electron chi connectivity index (χ4n) is 3.61. The summed E-state index contributed by atoms with van der Waals surface area (Å²) in [4.78, 5) is 20.0. The first-order chi connectivity index (χ1) is 16.1. The second-order valence-corrected chi connectivity index (χ2v) is 7.65. The van der Waals surface area contributed by atoms with E-state index in [4.69, 9.17) is 9.47 Å². The Labute approximate surface area is 195 Å². The van der Waals surface area contributed by atoms with Crippen molar-refractivity contribution in [2.24, 2.45) is 0 Å². The highest BCUT2D eigenvalue weighted by Crippen LogP contribution is 2.29. The molecule has 0 unspecified atom stereocenters. The van der Waals surface area contributed by atoms with Crippen LogP contribution in [0.1, 0.15) is 48.6 Å². The molecule has 8 nitrogen and oxygen atoms in total. The van der Waals surface area contributed by atoms with E-state index in [1.807, 2.05) is 32.0 Å². The number of hydrogen-bond donors (Lipinski definition) is 1. The van der Waals surface area contributed by atoms with Crippen LogP contribution in [0, 0.1) is 13.8 Å². The van der Waals surface area contributed by atoms with Gasteiger partial charge in [0.15, 0.2) is 11.5 Å². The Morgan fingerprint density at radius 1 is 1.06 bits per heavy atom. The van der Waals surface area contributed by atoms with Gasteiger partial charge in [0, 0.05) is 24.4 Å². The average Bonchev–Trinajstić information content (AvgIpc) is 3.20. The lowest BCUT2D eigenvalue weighted by molar-refractivity contribution is -0.144. The van der Waals surface area contributed by atoms with Gasteiger partial charge in [0.25, 0.3) is 11.6 Å². The zero-order valence-corrected chi connectivity index (χ0v) is 19.6. The highest BCUT2D eigenvalue weighted by Gasteiger charge is 2.37. The van der Waals surface area contributed by atoms with Gasteiger partial charge in [-0.2, -0.15) is 18.2 Å². The number of amides is 1. The topological polar surface area (TPSA) is 90.6 Å². The fraction of sp³-hybridized carbons (Fsp3) is 0.478. The van der Waals surface area contributed by atoms with Gasteiger partial charge >= 0.3 is 6.18 Å². The van der Waals surface area contributed by atoms with Crippen molar-refractivity contribution >= 4 is 11.7 Å². The lowest BCUT2D eigenvalue weighted by atomic mass is 10.1. The van der Waals surface area contributed by atoms with Gasteiger partial charge in [-0.15, -0.1) is 5.10 Å². The predicted molar refractivity (Wildman–Crippen MR) is 119 cm³/mol. The van der Waals surface area contributed by atoms with Crippen LogP contribution in [0.5, 0.6) is 11.5 Å². The Bertz CT molecular complexity index is 1160. The molecular weight excluding hydrogens is 451 g/mol. The third-order valence-electron chi connectivity index (χ3n) is 5.25. The lowest BCUT2D eigenvalue weighted by Crippen LogP contribution is -2.26. The Morgan fingerprint density at radius 2 is 1.76 bits per heavy atom. The first-order valence-corrected chi connectivity index (χ1v) is 11.1. The van der Waals surface area contributed by atoms with Crippen LogP contribution in [0.4, 0.5) is 13.2 Å². The molecule has 11 heteroatoms.